The van der Waals surface area contributed by atoms with Gasteiger partial charge in [0.25, 0.3) is 0 Å². The van der Waals surface area contributed by atoms with Crippen molar-refractivity contribution < 1.29 is 4.74 Å². The fraction of sp³-hybridized carbons (Fsp3) is 0.647. The van der Waals surface area contributed by atoms with Crippen molar-refractivity contribution in [2.75, 3.05) is 13.7 Å². The second-order valence-electron chi connectivity index (χ2n) is 6.10. The molecule has 0 aromatic heterocycles. The summed E-state index contributed by atoms with van der Waals surface area (Å²) in [4.78, 5) is 2.64. The SMILES string of the molecule is COc1cccc2c1CN(C1CCCCCC1)C2CN. The minimum absolute atomic E-state index is 0.378. The first-order valence-corrected chi connectivity index (χ1v) is 7.96. The maximum Gasteiger partial charge on any atom is 0.123 e. The van der Waals surface area contributed by atoms with Gasteiger partial charge in [0.05, 0.1) is 7.11 Å². The number of hydrogen-bond donors (Lipinski definition) is 1. The predicted molar refractivity (Wildman–Crippen MR) is 81.8 cm³/mol. The van der Waals surface area contributed by atoms with Gasteiger partial charge in [0.2, 0.25) is 0 Å². The molecule has 1 unspecified atom stereocenters. The molecule has 0 radical (unpaired) electrons. The fourth-order valence-electron chi connectivity index (χ4n) is 3.96. The normalized spacial score (nSPS) is 24.4. The van der Waals surface area contributed by atoms with E-state index < -0.39 is 0 Å². The lowest BCUT2D eigenvalue weighted by molar-refractivity contribution is 0.135. The van der Waals surface area contributed by atoms with Gasteiger partial charge in [-0.15, -0.1) is 0 Å². The third kappa shape index (κ3) is 2.45. The fourth-order valence-corrected chi connectivity index (χ4v) is 3.96. The lowest BCUT2D eigenvalue weighted by atomic mass is 10.0. The Balaban J connectivity index is 1.87. The molecule has 0 saturated heterocycles. The lowest BCUT2D eigenvalue weighted by Crippen LogP contribution is -2.36. The predicted octanol–water partition coefficient (Wildman–Crippen LogP) is 3.23. The highest BCUT2D eigenvalue weighted by Gasteiger charge is 2.35. The van der Waals surface area contributed by atoms with E-state index in [1.165, 1.54) is 49.7 Å². The van der Waals surface area contributed by atoms with Gasteiger partial charge in [0.1, 0.15) is 5.75 Å². The van der Waals surface area contributed by atoms with Gasteiger partial charge in [-0.25, -0.2) is 0 Å². The van der Waals surface area contributed by atoms with E-state index in [0.29, 0.717) is 18.6 Å². The molecule has 1 heterocycles. The van der Waals surface area contributed by atoms with Gasteiger partial charge in [-0.05, 0) is 24.5 Å². The smallest absolute Gasteiger partial charge is 0.123 e. The highest BCUT2D eigenvalue weighted by molar-refractivity contribution is 5.45. The molecule has 3 rings (SSSR count). The largest absolute Gasteiger partial charge is 0.496 e. The van der Waals surface area contributed by atoms with Gasteiger partial charge in [-0.1, -0.05) is 37.8 Å². The summed E-state index contributed by atoms with van der Waals surface area (Å²) < 4.78 is 5.54. The molecule has 1 saturated carbocycles. The summed E-state index contributed by atoms with van der Waals surface area (Å²) in [6, 6.07) is 7.47. The van der Waals surface area contributed by atoms with Crippen LogP contribution in [0.5, 0.6) is 5.75 Å². The molecule has 2 N–H and O–H groups in total. The number of benzene rings is 1. The van der Waals surface area contributed by atoms with Gasteiger partial charge in [0.15, 0.2) is 0 Å². The summed E-state index contributed by atoms with van der Waals surface area (Å²) in [5, 5.41) is 0. The van der Waals surface area contributed by atoms with Crippen molar-refractivity contribution in [2.45, 2.75) is 57.2 Å². The Kier molecular flexibility index (Phi) is 4.27. The minimum Gasteiger partial charge on any atom is -0.496 e. The Bertz CT molecular complexity index is 452. The van der Waals surface area contributed by atoms with Crippen molar-refractivity contribution >= 4 is 0 Å². The number of methoxy groups -OCH3 is 1. The number of ether oxygens (including phenoxy) is 1. The molecule has 1 fully saturated rings. The van der Waals surface area contributed by atoms with Crippen LogP contribution in [0.25, 0.3) is 0 Å². The van der Waals surface area contributed by atoms with E-state index in [-0.39, 0.29) is 0 Å². The van der Waals surface area contributed by atoms with Crippen LogP contribution in [0.3, 0.4) is 0 Å². The molecule has 3 heteroatoms. The van der Waals surface area contributed by atoms with Crippen molar-refractivity contribution in [1.29, 1.82) is 0 Å². The number of hydrogen-bond acceptors (Lipinski definition) is 3. The first-order chi connectivity index (χ1) is 9.85. The van der Waals surface area contributed by atoms with Crippen molar-refractivity contribution in [3.05, 3.63) is 29.3 Å². The van der Waals surface area contributed by atoms with Crippen LogP contribution < -0.4 is 10.5 Å². The van der Waals surface area contributed by atoms with Crippen molar-refractivity contribution in [2.24, 2.45) is 5.73 Å². The van der Waals surface area contributed by atoms with Gasteiger partial charge in [-0.3, -0.25) is 4.90 Å². The third-order valence-corrected chi connectivity index (χ3v) is 5.01. The number of fused-ring (bicyclic) bond motifs is 1. The molecule has 3 nitrogen and oxygen atoms in total. The van der Waals surface area contributed by atoms with E-state index in [2.05, 4.69) is 23.1 Å². The molecule has 20 heavy (non-hydrogen) atoms. The first kappa shape index (κ1) is 13.9. The first-order valence-electron chi connectivity index (χ1n) is 7.96. The number of rotatable bonds is 3. The molecule has 110 valence electrons. The average Bonchev–Trinajstić information content (AvgIpc) is 2.67. The van der Waals surface area contributed by atoms with E-state index in [1.807, 2.05) is 0 Å². The van der Waals surface area contributed by atoms with Crippen LogP contribution in [0.15, 0.2) is 18.2 Å². The highest BCUT2D eigenvalue weighted by atomic mass is 16.5. The molecular formula is C17H26N2O. The van der Waals surface area contributed by atoms with E-state index in [1.54, 1.807) is 7.11 Å². The molecule has 1 aliphatic carbocycles. The van der Waals surface area contributed by atoms with Gasteiger partial charge in [-0.2, -0.15) is 0 Å². The Morgan fingerprint density at radius 1 is 1.20 bits per heavy atom. The summed E-state index contributed by atoms with van der Waals surface area (Å²) in [7, 11) is 1.77. The number of nitrogens with zero attached hydrogens (tertiary/aromatic N) is 1. The second kappa shape index (κ2) is 6.15. The van der Waals surface area contributed by atoms with Gasteiger partial charge >= 0.3 is 0 Å². The Morgan fingerprint density at radius 3 is 2.60 bits per heavy atom. The summed E-state index contributed by atoms with van der Waals surface area (Å²) >= 11 is 0. The molecule has 0 spiro atoms. The van der Waals surface area contributed by atoms with Gasteiger partial charge in [0, 0.05) is 30.7 Å². The maximum atomic E-state index is 6.09. The maximum absolute atomic E-state index is 6.09. The number of nitrogens with two attached hydrogens (primary N) is 1. The van der Waals surface area contributed by atoms with E-state index in [9.17, 15) is 0 Å². The molecule has 1 aliphatic heterocycles. The zero-order valence-corrected chi connectivity index (χ0v) is 12.5. The molecular weight excluding hydrogens is 248 g/mol. The molecule has 1 aromatic carbocycles. The monoisotopic (exact) mass is 274 g/mol. The second-order valence-corrected chi connectivity index (χ2v) is 6.10. The Hall–Kier alpha value is -1.06. The summed E-state index contributed by atoms with van der Waals surface area (Å²) in [6.07, 6.45) is 8.18. The zero-order valence-electron chi connectivity index (χ0n) is 12.5. The zero-order chi connectivity index (χ0) is 13.9. The van der Waals surface area contributed by atoms with E-state index >= 15 is 0 Å². The van der Waals surface area contributed by atoms with Crippen LogP contribution in [0, 0.1) is 0 Å². The van der Waals surface area contributed by atoms with Crippen LogP contribution in [-0.4, -0.2) is 24.6 Å². The van der Waals surface area contributed by atoms with Crippen LogP contribution in [0.4, 0.5) is 0 Å². The van der Waals surface area contributed by atoms with Crippen molar-refractivity contribution in [3.8, 4) is 5.75 Å². The van der Waals surface area contributed by atoms with Crippen LogP contribution >= 0.6 is 0 Å². The molecule has 0 bridgehead atoms. The third-order valence-electron chi connectivity index (χ3n) is 5.01. The van der Waals surface area contributed by atoms with Crippen LogP contribution in [0.1, 0.15) is 55.7 Å². The average molecular weight is 274 g/mol. The van der Waals surface area contributed by atoms with Crippen molar-refractivity contribution in [1.82, 2.24) is 4.90 Å². The summed E-state index contributed by atoms with van der Waals surface area (Å²) in [5.41, 5.74) is 8.84. The molecule has 1 aromatic rings. The standard InChI is InChI=1S/C17H26N2O/c1-20-17-10-6-9-14-15(17)12-19(16(14)11-18)13-7-4-2-3-5-8-13/h6,9-10,13,16H,2-5,7-8,11-12,18H2,1H3. The lowest BCUT2D eigenvalue weighted by Gasteiger charge is -2.32. The van der Waals surface area contributed by atoms with E-state index in [0.717, 1.165) is 12.3 Å². The van der Waals surface area contributed by atoms with Gasteiger partial charge < -0.3 is 10.5 Å². The molecule has 2 aliphatic rings. The minimum atomic E-state index is 0.378. The highest BCUT2D eigenvalue weighted by Crippen LogP contribution is 2.41. The van der Waals surface area contributed by atoms with E-state index in [4.69, 9.17) is 10.5 Å². The summed E-state index contributed by atoms with van der Waals surface area (Å²) in [6.45, 7) is 1.71. The molecule has 0 amide bonds. The molecule has 1 atom stereocenters. The topological polar surface area (TPSA) is 38.5 Å². The van der Waals surface area contributed by atoms with Crippen molar-refractivity contribution in [3.63, 3.8) is 0 Å². The van der Waals surface area contributed by atoms with Crippen LogP contribution in [-0.2, 0) is 6.54 Å². The Labute approximate surface area is 122 Å². The quantitative estimate of drug-likeness (QED) is 0.860. The Morgan fingerprint density at radius 2 is 1.95 bits per heavy atom. The van der Waals surface area contributed by atoms with Crippen LogP contribution in [0.2, 0.25) is 0 Å². The summed E-state index contributed by atoms with van der Waals surface area (Å²) in [5.74, 6) is 1.03.